The van der Waals surface area contributed by atoms with Gasteiger partial charge in [-0.2, -0.15) is 0 Å². The maximum absolute atomic E-state index is 12.7. The third-order valence-corrected chi connectivity index (χ3v) is 4.95. The Labute approximate surface area is 160 Å². The number of aromatic nitrogens is 1. The highest BCUT2D eigenvalue weighted by Gasteiger charge is 2.22. The van der Waals surface area contributed by atoms with Gasteiger partial charge < -0.3 is 15.1 Å². The van der Waals surface area contributed by atoms with Crippen LogP contribution in [0.2, 0.25) is 0 Å². The molecule has 0 unspecified atom stereocenters. The van der Waals surface area contributed by atoms with Crippen LogP contribution in [0.4, 0.5) is 5.69 Å². The minimum atomic E-state index is -0.236. The predicted octanol–water partition coefficient (Wildman–Crippen LogP) is 2.65. The molecule has 0 radical (unpaired) electrons. The highest BCUT2D eigenvalue weighted by molar-refractivity contribution is 6.06. The predicted molar refractivity (Wildman–Crippen MR) is 106 cm³/mol. The summed E-state index contributed by atoms with van der Waals surface area (Å²) in [6, 6.07) is 7.29. The number of piperazine rings is 1. The Hall–Kier alpha value is -2.73. The summed E-state index contributed by atoms with van der Waals surface area (Å²) in [5, 5.41) is 2.98. The van der Waals surface area contributed by atoms with Crippen molar-refractivity contribution in [3.05, 3.63) is 58.4 Å². The van der Waals surface area contributed by atoms with Gasteiger partial charge in [-0.15, -0.1) is 0 Å². The molecule has 1 aliphatic heterocycles. The van der Waals surface area contributed by atoms with Crippen LogP contribution >= 0.6 is 0 Å². The van der Waals surface area contributed by atoms with Gasteiger partial charge in [0.15, 0.2) is 0 Å². The molecule has 0 aliphatic carbocycles. The molecule has 0 spiro atoms. The maximum Gasteiger partial charge on any atom is 0.272 e. The number of anilines is 1. The van der Waals surface area contributed by atoms with E-state index in [1.807, 2.05) is 40.0 Å². The number of likely N-dealkylation sites (N-methyl/N-ethyl adjacent to an activating group) is 1. The summed E-state index contributed by atoms with van der Waals surface area (Å²) in [4.78, 5) is 33.6. The standard InChI is InChI=1S/C21H26N4O2/c1-14-11-15(2)19(16(3)12-14)23-20(26)17-5-6-22-18(13-17)21(27)25-9-7-24(4)8-10-25/h5-6,11-13H,7-10H2,1-4H3,(H,23,26). The third kappa shape index (κ3) is 4.34. The number of hydrogen-bond acceptors (Lipinski definition) is 4. The molecular weight excluding hydrogens is 340 g/mol. The van der Waals surface area contributed by atoms with Crippen molar-refractivity contribution in [3.63, 3.8) is 0 Å². The monoisotopic (exact) mass is 366 g/mol. The summed E-state index contributed by atoms with van der Waals surface area (Å²) in [5.41, 5.74) is 4.75. The first-order valence-electron chi connectivity index (χ1n) is 9.18. The van der Waals surface area contributed by atoms with Crippen molar-refractivity contribution in [1.82, 2.24) is 14.8 Å². The number of rotatable bonds is 3. The first-order chi connectivity index (χ1) is 12.8. The van der Waals surface area contributed by atoms with E-state index in [2.05, 4.69) is 15.2 Å². The fourth-order valence-corrected chi connectivity index (χ4v) is 3.42. The first kappa shape index (κ1) is 19.0. The average Bonchev–Trinajstić information content (AvgIpc) is 2.64. The molecule has 1 aromatic carbocycles. The number of carbonyl (C=O) groups excluding carboxylic acids is 2. The Bertz CT molecular complexity index is 847. The van der Waals surface area contributed by atoms with Gasteiger partial charge in [-0.25, -0.2) is 0 Å². The molecule has 0 saturated carbocycles. The summed E-state index contributed by atoms with van der Waals surface area (Å²) in [7, 11) is 2.04. The van der Waals surface area contributed by atoms with Crippen LogP contribution in [0.1, 0.15) is 37.5 Å². The number of nitrogens with one attached hydrogen (secondary N) is 1. The smallest absolute Gasteiger partial charge is 0.272 e. The molecule has 2 heterocycles. The van der Waals surface area contributed by atoms with Crippen LogP contribution < -0.4 is 5.32 Å². The van der Waals surface area contributed by atoms with Gasteiger partial charge in [-0.05, 0) is 51.1 Å². The van der Waals surface area contributed by atoms with Crippen molar-refractivity contribution in [3.8, 4) is 0 Å². The highest BCUT2D eigenvalue weighted by atomic mass is 16.2. The number of benzene rings is 1. The van der Waals surface area contributed by atoms with Crippen LogP contribution in [-0.2, 0) is 0 Å². The fraction of sp³-hybridized carbons (Fsp3) is 0.381. The third-order valence-electron chi connectivity index (χ3n) is 4.95. The fourth-order valence-electron chi connectivity index (χ4n) is 3.42. The number of carbonyl (C=O) groups is 2. The molecule has 1 aliphatic rings. The second-order valence-electron chi connectivity index (χ2n) is 7.25. The molecule has 3 rings (SSSR count). The summed E-state index contributed by atoms with van der Waals surface area (Å²) in [5.74, 6) is -0.361. The van der Waals surface area contributed by atoms with E-state index < -0.39 is 0 Å². The van der Waals surface area contributed by atoms with Crippen molar-refractivity contribution in [2.45, 2.75) is 20.8 Å². The number of pyridine rings is 1. The van der Waals surface area contributed by atoms with Gasteiger partial charge in [0.2, 0.25) is 0 Å². The Morgan fingerprint density at radius 2 is 1.63 bits per heavy atom. The zero-order chi connectivity index (χ0) is 19.6. The normalized spacial score (nSPS) is 14.9. The molecule has 1 saturated heterocycles. The topological polar surface area (TPSA) is 65.5 Å². The van der Waals surface area contributed by atoms with E-state index in [-0.39, 0.29) is 11.8 Å². The van der Waals surface area contributed by atoms with E-state index in [0.29, 0.717) is 24.3 Å². The van der Waals surface area contributed by atoms with Gasteiger partial charge in [0.05, 0.1) is 0 Å². The van der Waals surface area contributed by atoms with E-state index in [0.717, 1.165) is 35.5 Å². The molecule has 1 aromatic heterocycles. The quantitative estimate of drug-likeness (QED) is 0.907. The van der Waals surface area contributed by atoms with Crippen LogP contribution in [0.25, 0.3) is 0 Å². The summed E-state index contributed by atoms with van der Waals surface area (Å²) >= 11 is 0. The van der Waals surface area contributed by atoms with Gasteiger partial charge in [0, 0.05) is 43.6 Å². The van der Waals surface area contributed by atoms with E-state index in [1.54, 1.807) is 17.0 Å². The second kappa shape index (κ2) is 7.88. The van der Waals surface area contributed by atoms with Crippen LogP contribution in [0.3, 0.4) is 0 Å². The second-order valence-corrected chi connectivity index (χ2v) is 7.25. The van der Waals surface area contributed by atoms with E-state index in [4.69, 9.17) is 0 Å². The van der Waals surface area contributed by atoms with E-state index in [9.17, 15) is 9.59 Å². The summed E-state index contributed by atoms with van der Waals surface area (Å²) < 4.78 is 0. The van der Waals surface area contributed by atoms with Crippen molar-refractivity contribution in [2.75, 3.05) is 38.5 Å². The Kier molecular flexibility index (Phi) is 5.56. The lowest BCUT2D eigenvalue weighted by Crippen LogP contribution is -2.47. The molecule has 0 atom stereocenters. The van der Waals surface area contributed by atoms with E-state index in [1.165, 1.54) is 6.20 Å². The highest BCUT2D eigenvalue weighted by Crippen LogP contribution is 2.22. The SMILES string of the molecule is Cc1cc(C)c(NC(=O)c2ccnc(C(=O)N3CCN(C)CC3)c2)c(C)c1. The number of aryl methyl sites for hydroxylation is 3. The van der Waals surface area contributed by atoms with Crippen LogP contribution in [0.15, 0.2) is 30.5 Å². The van der Waals surface area contributed by atoms with Gasteiger partial charge in [-0.3, -0.25) is 14.6 Å². The molecule has 1 fully saturated rings. The van der Waals surface area contributed by atoms with Gasteiger partial charge in [-0.1, -0.05) is 17.7 Å². The zero-order valence-corrected chi connectivity index (χ0v) is 16.4. The molecule has 142 valence electrons. The average molecular weight is 366 g/mol. The minimum absolute atomic E-state index is 0.125. The Balaban J connectivity index is 1.77. The van der Waals surface area contributed by atoms with Crippen molar-refractivity contribution >= 4 is 17.5 Å². The Morgan fingerprint density at radius 3 is 2.26 bits per heavy atom. The van der Waals surface area contributed by atoms with Crippen LogP contribution in [0.5, 0.6) is 0 Å². The molecule has 6 nitrogen and oxygen atoms in total. The molecule has 2 amide bonds. The molecule has 0 bridgehead atoms. The van der Waals surface area contributed by atoms with Crippen molar-refractivity contribution in [2.24, 2.45) is 0 Å². The van der Waals surface area contributed by atoms with Gasteiger partial charge in [0.25, 0.3) is 11.8 Å². The summed E-state index contributed by atoms with van der Waals surface area (Å²) in [6.45, 7) is 9.03. The van der Waals surface area contributed by atoms with E-state index >= 15 is 0 Å². The minimum Gasteiger partial charge on any atom is -0.335 e. The maximum atomic E-state index is 12.7. The molecule has 2 aromatic rings. The van der Waals surface area contributed by atoms with Gasteiger partial charge in [0.1, 0.15) is 5.69 Å². The summed E-state index contributed by atoms with van der Waals surface area (Å²) in [6.07, 6.45) is 1.52. The molecular formula is C21H26N4O2. The Morgan fingerprint density at radius 1 is 1.00 bits per heavy atom. The lowest BCUT2D eigenvalue weighted by molar-refractivity contribution is 0.0658. The number of hydrogen-bond donors (Lipinski definition) is 1. The van der Waals surface area contributed by atoms with Crippen LogP contribution in [-0.4, -0.2) is 59.8 Å². The number of amides is 2. The first-order valence-corrected chi connectivity index (χ1v) is 9.18. The van der Waals surface area contributed by atoms with Crippen LogP contribution in [0, 0.1) is 20.8 Å². The van der Waals surface area contributed by atoms with Crippen molar-refractivity contribution < 1.29 is 9.59 Å². The molecule has 6 heteroatoms. The van der Waals surface area contributed by atoms with Gasteiger partial charge >= 0.3 is 0 Å². The zero-order valence-electron chi connectivity index (χ0n) is 16.4. The molecule has 1 N–H and O–H groups in total. The largest absolute Gasteiger partial charge is 0.335 e. The lowest BCUT2D eigenvalue weighted by atomic mass is 10.0. The van der Waals surface area contributed by atoms with Crippen molar-refractivity contribution in [1.29, 1.82) is 0 Å². The number of nitrogens with zero attached hydrogens (tertiary/aromatic N) is 3. The lowest BCUT2D eigenvalue weighted by Gasteiger charge is -2.32. The molecule has 27 heavy (non-hydrogen) atoms.